The minimum absolute atomic E-state index is 0.0147. The largest absolute Gasteiger partial charge is 0.482 e. The number of Topliss-reactive ketones (excluding diaryl/α,β-unsaturated/α-hetero) is 1. The van der Waals surface area contributed by atoms with Crippen LogP contribution in [0.2, 0.25) is 0 Å². The molecule has 17 heavy (non-hydrogen) atoms. The third-order valence-corrected chi connectivity index (χ3v) is 2.57. The topological polar surface area (TPSA) is 58.6 Å². The smallest absolute Gasteiger partial charge is 0.265 e. The average Bonchev–Trinajstić information content (AvgIpc) is 2.32. The summed E-state index contributed by atoms with van der Waals surface area (Å²) in [4.78, 5) is 24.4. The molecule has 0 radical (unpaired) electrons. The second-order valence-electron chi connectivity index (χ2n) is 3.90. The summed E-state index contributed by atoms with van der Waals surface area (Å²) in [6, 6.07) is 5.46. The molecule has 0 fully saturated rings. The van der Waals surface area contributed by atoms with Gasteiger partial charge < -0.3 is 10.1 Å². The van der Waals surface area contributed by atoms with Crippen molar-refractivity contribution in [1.82, 2.24) is 0 Å². The van der Waals surface area contributed by atoms with Crippen molar-refractivity contribution >= 4 is 23.1 Å². The van der Waals surface area contributed by atoms with Crippen molar-refractivity contribution in [3.8, 4) is 5.75 Å². The molecule has 0 bridgehead atoms. The molecule has 0 aliphatic carbocycles. The van der Waals surface area contributed by atoms with Gasteiger partial charge in [-0.3, -0.25) is 14.5 Å². The van der Waals surface area contributed by atoms with Crippen molar-refractivity contribution in [3.63, 3.8) is 0 Å². The molecule has 0 unspecified atom stereocenters. The second-order valence-corrected chi connectivity index (χ2v) is 3.90. The summed E-state index contributed by atoms with van der Waals surface area (Å²) in [5.41, 5.74) is 1.51. The lowest BCUT2D eigenvalue weighted by molar-refractivity contribution is -0.123. The van der Waals surface area contributed by atoms with Crippen LogP contribution in [0.5, 0.6) is 5.75 Å². The fourth-order valence-electron chi connectivity index (χ4n) is 1.75. The van der Waals surface area contributed by atoms with E-state index >= 15 is 0 Å². The Bertz CT molecular complexity index is 471. The molecule has 90 valence electrons. The van der Waals surface area contributed by atoms with Gasteiger partial charge >= 0.3 is 0 Å². The van der Waals surface area contributed by atoms with Crippen molar-refractivity contribution in [2.45, 2.75) is 6.92 Å². The number of nitrogens with one attached hydrogen (secondary N) is 1. The van der Waals surface area contributed by atoms with Crippen LogP contribution < -0.4 is 15.0 Å². The van der Waals surface area contributed by atoms with E-state index in [2.05, 4.69) is 5.32 Å². The maximum atomic E-state index is 11.7. The monoisotopic (exact) mass is 234 g/mol. The van der Waals surface area contributed by atoms with Crippen LogP contribution in [0, 0.1) is 0 Å². The Morgan fingerprint density at radius 2 is 2.29 bits per heavy atom. The Hall–Kier alpha value is -2.04. The number of hydrogen-bond acceptors (Lipinski definition) is 4. The van der Waals surface area contributed by atoms with E-state index in [0.29, 0.717) is 11.4 Å². The van der Waals surface area contributed by atoms with Crippen LogP contribution in [0.25, 0.3) is 0 Å². The van der Waals surface area contributed by atoms with Crippen molar-refractivity contribution in [3.05, 3.63) is 18.2 Å². The molecule has 1 aromatic carbocycles. The first-order chi connectivity index (χ1) is 8.11. The molecule has 0 aromatic heterocycles. The van der Waals surface area contributed by atoms with Crippen LogP contribution in [0.3, 0.4) is 0 Å². The number of amides is 1. The summed E-state index contributed by atoms with van der Waals surface area (Å²) in [7, 11) is 1.79. The molecule has 0 spiro atoms. The number of fused-ring (bicyclic) bond motifs is 1. The number of hydrogen-bond donors (Lipinski definition) is 1. The lowest BCUT2D eigenvalue weighted by atomic mass is 10.2. The number of nitrogens with zero attached hydrogens (tertiary/aromatic N) is 1. The van der Waals surface area contributed by atoms with Gasteiger partial charge in [-0.15, -0.1) is 0 Å². The van der Waals surface area contributed by atoms with Gasteiger partial charge in [0.15, 0.2) is 6.61 Å². The molecular weight excluding hydrogens is 220 g/mol. The van der Waals surface area contributed by atoms with Gasteiger partial charge in [0.25, 0.3) is 5.91 Å². The number of anilines is 2. The third kappa shape index (κ3) is 2.22. The van der Waals surface area contributed by atoms with Crippen LogP contribution in [0.1, 0.15) is 6.92 Å². The Kier molecular flexibility index (Phi) is 2.99. The Morgan fingerprint density at radius 1 is 1.53 bits per heavy atom. The van der Waals surface area contributed by atoms with Crippen molar-refractivity contribution in [1.29, 1.82) is 0 Å². The highest BCUT2D eigenvalue weighted by Crippen LogP contribution is 2.34. The van der Waals surface area contributed by atoms with E-state index in [1.54, 1.807) is 19.2 Å². The number of rotatable bonds is 3. The average molecular weight is 234 g/mol. The molecule has 5 nitrogen and oxygen atoms in total. The molecule has 1 N–H and O–H groups in total. The molecule has 1 amide bonds. The second kappa shape index (κ2) is 4.45. The van der Waals surface area contributed by atoms with Gasteiger partial charge in [-0.1, -0.05) is 0 Å². The number of carbonyl (C=O) groups is 2. The van der Waals surface area contributed by atoms with E-state index in [1.165, 1.54) is 11.8 Å². The fourth-order valence-corrected chi connectivity index (χ4v) is 1.75. The van der Waals surface area contributed by atoms with Gasteiger partial charge in [0, 0.05) is 12.7 Å². The van der Waals surface area contributed by atoms with E-state index in [9.17, 15) is 9.59 Å². The van der Waals surface area contributed by atoms with E-state index < -0.39 is 0 Å². The van der Waals surface area contributed by atoms with Crippen LogP contribution in [0.4, 0.5) is 11.4 Å². The maximum absolute atomic E-state index is 11.7. The minimum atomic E-state index is -0.194. The molecule has 1 aliphatic heterocycles. The van der Waals surface area contributed by atoms with Crippen LogP contribution in [0.15, 0.2) is 18.2 Å². The zero-order valence-corrected chi connectivity index (χ0v) is 9.82. The van der Waals surface area contributed by atoms with Crippen LogP contribution in [-0.2, 0) is 9.59 Å². The summed E-state index contributed by atoms with van der Waals surface area (Å²) >= 11 is 0. The summed E-state index contributed by atoms with van der Waals surface area (Å²) in [6.45, 7) is 1.53. The Morgan fingerprint density at radius 3 is 2.94 bits per heavy atom. The lowest BCUT2D eigenvalue weighted by Crippen LogP contribution is -2.41. The zero-order chi connectivity index (χ0) is 12.4. The summed E-state index contributed by atoms with van der Waals surface area (Å²) in [6.07, 6.45) is 0. The van der Waals surface area contributed by atoms with E-state index in [4.69, 9.17) is 4.74 Å². The number of ether oxygens (including phenoxy) is 1. The molecule has 0 saturated carbocycles. The summed E-state index contributed by atoms with van der Waals surface area (Å²) in [5.74, 6) is 0.381. The Labute approximate surface area is 99.4 Å². The van der Waals surface area contributed by atoms with Gasteiger partial charge in [-0.2, -0.15) is 0 Å². The van der Waals surface area contributed by atoms with Gasteiger partial charge in [0.05, 0.1) is 12.2 Å². The van der Waals surface area contributed by atoms with E-state index in [-0.39, 0.29) is 24.8 Å². The summed E-state index contributed by atoms with van der Waals surface area (Å²) in [5, 5.41) is 2.99. The van der Waals surface area contributed by atoms with Crippen molar-refractivity contribution in [2.24, 2.45) is 0 Å². The van der Waals surface area contributed by atoms with Gasteiger partial charge in [0.2, 0.25) is 0 Å². The van der Waals surface area contributed by atoms with E-state index in [1.807, 2.05) is 6.07 Å². The predicted octanol–water partition coefficient (Wildman–Crippen LogP) is 1.04. The maximum Gasteiger partial charge on any atom is 0.265 e. The third-order valence-electron chi connectivity index (χ3n) is 2.57. The first-order valence-electron chi connectivity index (χ1n) is 5.36. The predicted molar refractivity (Wildman–Crippen MR) is 64.5 cm³/mol. The SMILES string of the molecule is CNc1ccc2c(c1)N(CC(C)=O)C(=O)CO2. The zero-order valence-electron chi connectivity index (χ0n) is 9.82. The highest BCUT2D eigenvalue weighted by atomic mass is 16.5. The van der Waals surface area contributed by atoms with Crippen LogP contribution >= 0.6 is 0 Å². The van der Waals surface area contributed by atoms with Crippen LogP contribution in [-0.4, -0.2) is 31.9 Å². The minimum Gasteiger partial charge on any atom is -0.482 e. The van der Waals surface area contributed by atoms with Gasteiger partial charge in [-0.05, 0) is 25.1 Å². The molecular formula is C12H14N2O3. The fraction of sp³-hybridized carbons (Fsp3) is 0.333. The standard InChI is InChI=1S/C12H14N2O3/c1-8(15)6-14-10-5-9(13-2)3-4-11(10)17-7-12(14)16/h3-5,13H,6-7H2,1-2H3. The normalized spacial score (nSPS) is 14.0. The van der Waals surface area contributed by atoms with Crippen molar-refractivity contribution in [2.75, 3.05) is 30.4 Å². The Balaban J connectivity index is 2.41. The molecule has 1 aliphatic rings. The highest BCUT2D eigenvalue weighted by Gasteiger charge is 2.26. The quantitative estimate of drug-likeness (QED) is 0.849. The van der Waals surface area contributed by atoms with Gasteiger partial charge in [-0.25, -0.2) is 0 Å². The summed E-state index contributed by atoms with van der Waals surface area (Å²) < 4.78 is 5.32. The molecule has 1 aromatic rings. The highest BCUT2D eigenvalue weighted by molar-refractivity contribution is 6.02. The van der Waals surface area contributed by atoms with Crippen molar-refractivity contribution < 1.29 is 14.3 Å². The molecule has 1 heterocycles. The molecule has 0 atom stereocenters. The molecule has 0 saturated heterocycles. The lowest BCUT2D eigenvalue weighted by Gasteiger charge is -2.28. The number of ketones is 1. The number of carbonyl (C=O) groups excluding carboxylic acids is 2. The molecule has 2 rings (SSSR count). The van der Waals surface area contributed by atoms with Gasteiger partial charge in [0.1, 0.15) is 11.5 Å². The molecule has 5 heteroatoms. The van der Waals surface area contributed by atoms with E-state index in [0.717, 1.165) is 5.69 Å². The first-order valence-corrected chi connectivity index (χ1v) is 5.36. The first kappa shape index (κ1) is 11.4. The number of benzene rings is 1.